The number of guanidine groups is 1. The number of carboxylic acids is 1. The van der Waals surface area contributed by atoms with Crippen molar-refractivity contribution in [1.82, 2.24) is 25.9 Å². The minimum absolute atomic E-state index is 0.0296. The van der Waals surface area contributed by atoms with E-state index < -0.39 is 66.8 Å². The average Bonchev–Trinajstić information content (AvgIpc) is 3.31. The summed E-state index contributed by atoms with van der Waals surface area (Å²) in [6.45, 7) is -0.620. The minimum atomic E-state index is -1.51. The first-order valence-electron chi connectivity index (χ1n) is 10.8. The van der Waals surface area contributed by atoms with Crippen molar-refractivity contribution in [2.24, 2.45) is 27.9 Å². The van der Waals surface area contributed by atoms with Crippen LogP contribution in [0.2, 0.25) is 0 Å². The Bertz CT molecular complexity index is 933. The van der Waals surface area contributed by atoms with Gasteiger partial charge in [-0.25, -0.2) is 9.78 Å². The van der Waals surface area contributed by atoms with Crippen LogP contribution < -0.4 is 38.9 Å². The molecule has 17 nitrogen and oxygen atoms in total. The second-order valence-electron chi connectivity index (χ2n) is 7.71. The van der Waals surface area contributed by atoms with E-state index in [-0.39, 0.29) is 31.8 Å². The molecule has 0 bridgehead atoms. The van der Waals surface area contributed by atoms with Gasteiger partial charge in [0.05, 0.1) is 19.4 Å². The van der Waals surface area contributed by atoms with Crippen LogP contribution in [0.1, 0.15) is 25.0 Å². The van der Waals surface area contributed by atoms with Gasteiger partial charge >= 0.3 is 5.97 Å². The van der Waals surface area contributed by atoms with E-state index in [1.54, 1.807) is 0 Å². The van der Waals surface area contributed by atoms with E-state index in [1.807, 2.05) is 0 Å². The molecule has 0 radical (unpaired) electrons. The van der Waals surface area contributed by atoms with Crippen LogP contribution in [0.4, 0.5) is 0 Å². The Morgan fingerprint density at radius 3 is 2.14 bits per heavy atom. The minimum Gasteiger partial charge on any atom is -0.480 e. The summed E-state index contributed by atoms with van der Waals surface area (Å²) in [6.07, 6.45) is 2.17. The number of nitrogens with zero attached hydrogens (tertiary/aromatic N) is 2. The summed E-state index contributed by atoms with van der Waals surface area (Å²) in [6, 6.07) is -5.54. The third-order valence-electron chi connectivity index (χ3n) is 4.74. The molecule has 1 heterocycles. The number of imidazole rings is 1. The standard InChI is InChI=1S/C19H32N10O7/c20-10(7-30)15(32)28-12(5-14(21)31)17(34)27-11(2-1-3-25-19(22)23)16(33)29-13(18(35)36)4-9-6-24-8-26-9/h6,8,10-13,30H,1-5,7,20H2,(H2,21,31)(H,24,26)(H,27,34)(H,28,32)(H,29,33)(H,35,36)(H4,22,23,25). The van der Waals surface area contributed by atoms with Gasteiger partial charge in [-0.2, -0.15) is 0 Å². The third kappa shape index (κ3) is 10.8. The molecule has 17 heteroatoms. The van der Waals surface area contributed by atoms with E-state index in [0.29, 0.717) is 5.69 Å². The number of aromatic nitrogens is 2. The topological polar surface area (TPSA) is 307 Å². The smallest absolute Gasteiger partial charge is 0.326 e. The number of carboxylic acid groups (broad SMARTS) is 1. The van der Waals surface area contributed by atoms with Crippen LogP contribution in [0.3, 0.4) is 0 Å². The Balaban J connectivity index is 3.03. The second kappa shape index (κ2) is 14.9. The molecule has 4 atom stereocenters. The highest BCUT2D eigenvalue weighted by molar-refractivity contribution is 5.96. The monoisotopic (exact) mass is 512 g/mol. The number of carbonyl (C=O) groups is 5. The molecule has 0 aliphatic rings. The van der Waals surface area contributed by atoms with Gasteiger partial charge in [-0.3, -0.25) is 24.2 Å². The van der Waals surface area contributed by atoms with Crippen molar-refractivity contribution >= 4 is 35.6 Å². The summed E-state index contributed by atoms with van der Waals surface area (Å²) < 4.78 is 0. The summed E-state index contributed by atoms with van der Waals surface area (Å²) in [5, 5.41) is 25.4. The number of amides is 4. The fourth-order valence-corrected chi connectivity index (χ4v) is 2.91. The molecule has 14 N–H and O–H groups in total. The first-order valence-corrected chi connectivity index (χ1v) is 10.8. The molecule has 36 heavy (non-hydrogen) atoms. The molecule has 0 aromatic carbocycles. The van der Waals surface area contributed by atoms with E-state index in [9.17, 15) is 29.1 Å². The quantitative estimate of drug-likeness (QED) is 0.0566. The lowest BCUT2D eigenvalue weighted by Gasteiger charge is -2.24. The second-order valence-corrected chi connectivity index (χ2v) is 7.71. The number of hydrogen-bond donors (Lipinski definition) is 10. The molecule has 0 saturated carbocycles. The molecule has 1 aromatic rings. The first-order chi connectivity index (χ1) is 16.9. The van der Waals surface area contributed by atoms with E-state index in [4.69, 9.17) is 28.0 Å². The molecule has 0 saturated heterocycles. The lowest BCUT2D eigenvalue weighted by molar-refractivity contribution is -0.142. The maximum atomic E-state index is 12.9. The van der Waals surface area contributed by atoms with Gasteiger partial charge < -0.3 is 54.1 Å². The summed E-state index contributed by atoms with van der Waals surface area (Å²) in [4.78, 5) is 71.2. The number of hydrogen-bond acceptors (Lipinski definition) is 9. The zero-order valence-corrected chi connectivity index (χ0v) is 19.3. The third-order valence-corrected chi connectivity index (χ3v) is 4.74. The Kier molecular flexibility index (Phi) is 12.3. The van der Waals surface area contributed by atoms with Gasteiger partial charge in [0.2, 0.25) is 23.6 Å². The molecule has 4 amide bonds. The van der Waals surface area contributed by atoms with Gasteiger partial charge in [0, 0.05) is 24.9 Å². The predicted molar refractivity (Wildman–Crippen MR) is 125 cm³/mol. The number of H-pyrrole nitrogens is 1. The van der Waals surface area contributed by atoms with Crippen LogP contribution in [0.15, 0.2) is 17.5 Å². The highest BCUT2D eigenvalue weighted by Gasteiger charge is 2.31. The van der Waals surface area contributed by atoms with Crippen molar-refractivity contribution in [2.75, 3.05) is 13.2 Å². The average molecular weight is 513 g/mol. The molecule has 0 spiro atoms. The Labute approximate surface area is 205 Å². The van der Waals surface area contributed by atoms with E-state index in [2.05, 4.69) is 30.9 Å². The molecule has 0 fully saturated rings. The lowest BCUT2D eigenvalue weighted by Crippen LogP contribution is -2.58. The van der Waals surface area contributed by atoms with Crippen LogP contribution in [-0.4, -0.2) is 93.1 Å². The normalized spacial score (nSPS) is 13.9. The largest absolute Gasteiger partial charge is 0.480 e. The highest BCUT2D eigenvalue weighted by atomic mass is 16.4. The number of carbonyl (C=O) groups excluding carboxylic acids is 4. The summed E-state index contributed by atoms with van der Waals surface area (Å²) in [5.41, 5.74) is 21.6. The molecular weight excluding hydrogens is 480 g/mol. The van der Waals surface area contributed by atoms with E-state index >= 15 is 0 Å². The maximum absolute atomic E-state index is 12.9. The zero-order chi connectivity index (χ0) is 27.3. The van der Waals surface area contributed by atoms with Crippen molar-refractivity contribution in [3.63, 3.8) is 0 Å². The van der Waals surface area contributed by atoms with Gasteiger partial charge in [-0.1, -0.05) is 0 Å². The Morgan fingerprint density at radius 2 is 1.61 bits per heavy atom. The van der Waals surface area contributed by atoms with Crippen LogP contribution in [0.25, 0.3) is 0 Å². The number of aliphatic hydroxyl groups excluding tert-OH is 1. The zero-order valence-electron chi connectivity index (χ0n) is 19.3. The van der Waals surface area contributed by atoms with Crippen molar-refractivity contribution in [3.8, 4) is 0 Å². The first kappa shape index (κ1) is 29.8. The van der Waals surface area contributed by atoms with Gasteiger partial charge in [-0.05, 0) is 12.8 Å². The summed E-state index contributed by atoms with van der Waals surface area (Å²) in [7, 11) is 0. The molecule has 0 aliphatic heterocycles. The summed E-state index contributed by atoms with van der Waals surface area (Å²) >= 11 is 0. The number of aliphatic hydroxyl groups is 1. The number of aliphatic imine (C=N–C) groups is 1. The van der Waals surface area contributed by atoms with Crippen LogP contribution in [0.5, 0.6) is 0 Å². The summed E-state index contributed by atoms with van der Waals surface area (Å²) in [5.74, 6) is -5.20. The van der Waals surface area contributed by atoms with Crippen LogP contribution >= 0.6 is 0 Å². The number of aliphatic carboxylic acids is 1. The number of nitrogens with two attached hydrogens (primary N) is 4. The van der Waals surface area contributed by atoms with E-state index in [0.717, 1.165) is 0 Å². The number of nitrogens with one attached hydrogen (secondary N) is 4. The predicted octanol–water partition coefficient (Wildman–Crippen LogP) is -5.26. The molecule has 1 rings (SSSR count). The Hall–Kier alpha value is -4.25. The lowest BCUT2D eigenvalue weighted by atomic mass is 10.1. The van der Waals surface area contributed by atoms with Crippen molar-refractivity contribution in [3.05, 3.63) is 18.2 Å². The van der Waals surface area contributed by atoms with Gasteiger partial charge in [0.25, 0.3) is 0 Å². The Morgan fingerprint density at radius 1 is 1.00 bits per heavy atom. The molecule has 200 valence electrons. The van der Waals surface area contributed by atoms with Crippen LogP contribution in [-0.2, 0) is 30.4 Å². The van der Waals surface area contributed by atoms with Crippen molar-refractivity contribution in [1.29, 1.82) is 0 Å². The molecule has 4 unspecified atom stereocenters. The number of primary amides is 1. The van der Waals surface area contributed by atoms with Crippen molar-refractivity contribution in [2.45, 2.75) is 49.9 Å². The fourth-order valence-electron chi connectivity index (χ4n) is 2.91. The highest BCUT2D eigenvalue weighted by Crippen LogP contribution is 2.05. The molecular formula is C19H32N10O7. The van der Waals surface area contributed by atoms with Gasteiger partial charge in [-0.15, -0.1) is 0 Å². The number of aromatic amines is 1. The van der Waals surface area contributed by atoms with E-state index in [1.165, 1.54) is 12.5 Å². The fraction of sp³-hybridized carbons (Fsp3) is 0.526. The van der Waals surface area contributed by atoms with Gasteiger partial charge in [0.15, 0.2) is 5.96 Å². The van der Waals surface area contributed by atoms with Crippen LogP contribution in [0, 0.1) is 0 Å². The SMILES string of the molecule is NC(=O)CC(NC(=O)C(N)CO)C(=O)NC(CCCN=C(N)N)C(=O)NC(Cc1cnc[nH]1)C(=O)O. The number of rotatable bonds is 16. The molecule has 1 aromatic heterocycles. The van der Waals surface area contributed by atoms with Gasteiger partial charge in [0.1, 0.15) is 24.2 Å². The van der Waals surface area contributed by atoms with Crippen molar-refractivity contribution < 1.29 is 34.2 Å². The maximum Gasteiger partial charge on any atom is 0.326 e. The molecule has 0 aliphatic carbocycles.